The topological polar surface area (TPSA) is 731 Å². The van der Waals surface area contributed by atoms with Crippen LogP contribution in [0.4, 0.5) is 8.78 Å². The van der Waals surface area contributed by atoms with Crippen LogP contribution in [0.1, 0.15) is 113 Å². The number of thiophene rings is 1. The van der Waals surface area contributed by atoms with E-state index in [1.807, 2.05) is 0 Å². The first-order valence-corrected chi connectivity index (χ1v) is 47.6. The number of Topliss-reactive ketones (excluding diaryl/α,β-unsaturated/α-hetero) is 1. The monoisotopic (exact) mass is 2110 g/mol. The molecule has 0 unspecified atom stereocenters. The van der Waals surface area contributed by atoms with Crippen molar-refractivity contribution in [3.8, 4) is 23.0 Å². The average molecular weight is 2110 g/mol. The maximum Gasteiger partial charge on any atom is 0.306 e. The van der Waals surface area contributed by atoms with Crippen LogP contribution >= 0.6 is 11.3 Å². The summed E-state index contributed by atoms with van der Waals surface area (Å²) in [4.78, 5) is 206. The second-order valence-electron chi connectivity index (χ2n) is 33.6. The first-order chi connectivity index (χ1) is 69.6. The molecule has 20 N–H and O–H groups in total. The van der Waals surface area contributed by atoms with Crippen LogP contribution in [0.25, 0.3) is 10.1 Å². The van der Waals surface area contributed by atoms with Gasteiger partial charge in [0.1, 0.15) is 67.0 Å². The lowest BCUT2D eigenvalue weighted by molar-refractivity contribution is -0.156. The molecular formula is C91H136F2N12O40S. The van der Waals surface area contributed by atoms with E-state index in [0.29, 0.717) is 41.6 Å². The van der Waals surface area contributed by atoms with Gasteiger partial charge in [-0.05, 0) is 58.2 Å². The van der Waals surface area contributed by atoms with Gasteiger partial charge in [0.15, 0.2) is 40.4 Å². The molecule has 3 heterocycles. The Kier molecular flexibility index (Phi) is 58.2. The van der Waals surface area contributed by atoms with E-state index in [1.165, 1.54) is 38.2 Å². The summed E-state index contributed by atoms with van der Waals surface area (Å²) in [6.45, 7) is 2.92. The smallest absolute Gasteiger partial charge is 0.306 e. The van der Waals surface area contributed by atoms with E-state index in [0.717, 1.165) is 23.5 Å². The summed E-state index contributed by atoms with van der Waals surface area (Å²) in [5, 5.41) is 121. The van der Waals surface area contributed by atoms with Crippen molar-refractivity contribution in [2.45, 2.75) is 178 Å². The Balaban J connectivity index is 0.851. The van der Waals surface area contributed by atoms with Crippen molar-refractivity contribution in [1.82, 2.24) is 63.0 Å². The molecule has 52 nitrogen and oxygen atoms in total. The number of hydrogen-bond donors (Lipinski definition) is 20. The molecule has 820 valence electrons. The maximum atomic E-state index is 16.2. The molecule has 11 atom stereocenters. The lowest BCUT2D eigenvalue weighted by Crippen LogP contribution is -2.53. The van der Waals surface area contributed by atoms with E-state index >= 15 is 8.78 Å². The Hall–Kier alpha value is -11.6. The molecule has 5 rings (SSSR count). The molecule has 0 saturated carbocycles. The maximum absolute atomic E-state index is 16.2. The molecule has 0 saturated heterocycles. The molecule has 2 aromatic carbocycles. The van der Waals surface area contributed by atoms with Crippen LogP contribution in [-0.2, 0) is 132 Å². The standard InChI is InChI=1S/C91H136F2N12O40S/c1-53(144-79(124)16-10-59(108)67-39-55-66(146-67)40-65(133-6)88(81(55)92)143-21-7-20-142-87-64(132-5)38-54-48-104(49-56(54)82(87)93)76(121)15-17-80(125)145-91(2,3)4)41-95-68(113)11-9-58(103-75(120)50-105-77(122)13-14-78(105)123)90(131)101-47-74(119)99-46-73(118)98-45-72(117)97-44-71(116)94-19-23-135-25-27-137-29-31-139-33-35-141-37-36-140-34-32-138-30-28-136-26-24-134-22-18-70(115)102-57(89(130)100-43-61(110)84(127)86(129)63(112)52-107)8-12-69(114)96-42-60(109)83(126)85(128)62(111)51-106/h13-14,38-40,53,57-58,60-63,83-86,106-107,109-112,126-129H,7-12,15-37,41-52H2,1-6H3,(H,94,116)(H,95,113)(H,96,114)(H,97,117)(H,98,118)(H,99,119)(H,100,130)(H,101,131)(H,102,115)(H,103,120)/t53-,57-,58-,60-,61-,62+,63+,83+,84+,85+,86+/m0/s1. The summed E-state index contributed by atoms with van der Waals surface area (Å²) >= 11 is 0.934. The van der Waals surface area contributed by atoms with E-state index in [1.54, 1.807) is 26.8 Å². The van der Waals surface area contributed by atoms with Gasteiger partial charge in [-0.1, -0.05) is 0 Å². The number of amides is 13. The fraction of sp³-hybridized carbons (Fsp3) is 0.648. The highest BCUT2D eigenvalue weighted by Crippen LogP contribution is 2.42. The number of methoxy groups -OCH3 is 2. The highest BCUT2D eigenvalue weighted by atomic mass is 32.1. The number of rotatable bonds is 77. The second kappa shape index (κ2) is 68.0. The number of imide groups is 1. The number of carbonyl (C=O) groups excluding carboxylic acids is 16. The molecular weight excluding hydrogens is 1970 g/mol. The molecule has 2 aliphatic rings. The lowest BCUT2D eigenvalue weighted by atomic mass is 10.0. The van der Waals surface area contributed by atoms with Gasteiger partial charge in [-0.15, -0.1) is 11.3 Å². The zero-order valence-electron chi connectivity index (χ0n) is 82.0. The first-order valence-electron chi connectivity index (χ1n) is 46.8. The highest BCUT2D eigenvalue weighted by molar-refractivity contribution is 7.20. The Morgan fingerprint density at radius 1 is 0.438 bits per heavy atom. The summed E-state index contributed by atoms with van der Waals surface area (Å²) in [7, 11) is 2.62. The van der Waals surface area contributed by atoms with Crippen molar-refractivity contribution in [3.63, 3.8) is 0 Å². The number of esters is 2. The molecule has 146 heavy (non-hydrogen) atoms. The third kappa shape index (κ3) is 47.5. The predicted molar refractivity (Wildman–Crippen MR) is 501 cm³/mol. The average Bonchev–Trinajstić information content (AvgIpc) is 1.64. The number of nitrogens with zero attached hydrogens (tertiary/aromatic N) is 2. The van der Waals surface area contributed by atoms with Gasteiger partial charge in [0.05, 0.1) is 209 Å². The van der Waals surface area contributed by atoms with E-state index < -0.39 is 258 Å². The number of benzene rings is 2. The van der Waals surface area contributed by atoms with Gasteiger partial charge in [-0.3, -0.25) is 81.6 Å². The van der Waals surface area contributed by atoms with Crippen LogP contribution < -0.4 is 72.1 Å². The summed E-state index contributed by atoms with van der Waals surface area (Å²) in [5.74, 6) is -14.1. The molecule has 0 aliphatic carbocycles. The Bertz CT molecular complexity index is 4730. The molecule has 0 bridgehead atoms. The summed E-state index contributed by atoms with van der Waals surface area (Å²) in [6.07, 6.45) is -17.2. The molecule has 0 spiro atoms. The number of ether oxygens (including phenoxy) is 14. The zero-order chi connectivity index (χ0) is 108. The number of nitrogens with one attached hydrogen (secondary N) is 10. The number of halogens is 2. The first kappa shape index (κ1) is 125. The quantitative estimate of drug-likeness (QED) is 0.0108. The van der Waals surface area contributed by atoms with Crippen LogP contribution in [0.3, 0.4) is 0 Å². The van der Waals surface area contributed by atoms with Gasteiger partial charge in [0.2, 0.25) is 65.0 Å². The minimum absolute atomic E-state index is 0.000431. The molecule has 3 aromatic rings. The highest BCUT2D eigenvalue weighted by Gasteiger charge is 2.37. The van der Waals surface area contributed by atoms with Gasteiger partial charge >= 0.3 is 11.9 Å². The number of aliphatic hydroxyl groups is 10. The lowest BCUT2D eigenvalue weighted by Gasteiger charge is -2.26. The van der Waals surface area contributed by atoms with Crippen molar-refractivity contribution in [2.24, 2.45) is 0 Å². The predicted octanol–water partition coefficient (Wildman–Crippen LogP) is -7.32. The number of carbonyl (C=O) groups is 16. The largest absolute Gasteiger partial charge is 0.493 e. The molecule has 13 amide bonds. The normalized spacial score (nSPS) is 14.6. The van der Waals surface area contributed by atoms with Crippen LogP contribution in [0.15, 0.2) is 30.4 Å². The fourth-order valence-electron chi connectivity index (χ4n) is 13.1. The van der Waals surface area contributed by atoms with Crippen molar-refractivity contribution in [3.05, 3.63) is 58.0 Å². The van der Waals surface area contributed by atoms with E-state index in [9.17, 15) is 118 Å². The van der Waals surface area contributed by atoms with Gasteiger partial charge < -0.3 is 175 Å². The number of aliphatic hydroxyl groups excluding tert-OH is 10. The van der Waals surface area contributed by atoms with E-state index in [2.05, 4.69) is 53.2 Å². The van der Waals surface area contributed by atoms with Crippen molar-refractivity contribution in [1.29, 1.82) is 0 Å². The van der Waals surface area contributed by atoms with Crippen molar-refractivity contribution in [2.75, 3.05) is 205 Å². The third-order valence-electron chi connectivity index (χ3n) is 20.9. The number of ketones is 1. The van der Waals surface area contributed by atoms with Crippen LogP contribution in [0.5, 0.6) is 23.0 Å². The third-order valence-corrected chi connectivity index (χ3v) is 22.1. The van der Waals surface area contributed by atoms with E-state index in [4.69, 9.17) is 76.5 Å². The Morgan fingerprint density at radius 3 is 1.35 bits per heavy atom. The summed E-state index contributed by atoms with van der Waals surface area (Å²) in [5.41, 5.74) is 0.00739. The molecule has 1 aromatic heterocycles. The summed E-state index contributed by atoms with van der Waals surface area (Å²) < 4.78 is 109. The Labute approximate surface area is 842 Å². The minimum atomic E-state index is -2.02. The number of hydrogen-bond acceptors (Lipinski definition) is 41. The van der Waals surface area contributed by atoms with Crippen molar-refractivity contribution < 1.29 is 203 Å². The molecule has 0 radical (unpaired) electrons. The molecule has 0 fully saturated rings. The second-order valence-corrected chi connectivity index (χ2v) is 34.7. The van der Waals surface area contributed by atoms with Crippen molar-refractivity contribution >= 4 is 116 Å². The minimum Gasteiger partial charge on any atom is -0.493 e. The number of fused-ring (bicyclic) bond motifs is 2. The molecule has 2 aliphatic heterocycles. The van der Waals surface area contributed by atoms with Crippen LogP contribution in [-0.4, -0.2) is 433 Å². The van der Waals surface area contributed by atoms with Gasteiger partial charge in [-0.25, -0.2) is 8.78 Å². The zero-order valence-corrected chi connectivity index (χ0v) is 82.8. The summed E-state index contributed by atoms with van der Waals surface area (Å²) in [6, 6.07) is 1.35. The SMILES string of the molecule is COc1cc2c(c(F)c1OCCCOc1c(OC)cc3sc(C(=O)CCC(=O)O[C@@H](C)CNC(=O)CC[C@H](NC(=O)CN4C(=O)C=CC4=O)C(=O)NCC(=O)NCC(=O)NCC(=O)NCC(=O)NCCOCCOCCOCCOCCOCCOCCOCCOCCC(=O)N[C@@H](CCC(=O)NC[C@H](O)[C@@H](O)[C@H](O)[C@H](O)CO)C(=O)NC[C@H](O)[C@@H](O)[C@H](O)[C@H](O)CO)cc3c1F)CN(C(=O)CCC(=O)OC(C)(C)C)C2. The molecule has 55 heteroatoms. The van der Waals surface area contributed by atoms with Crippen LogP contribution in [0, 0.1) is 11.6 Å². The van der Waals surface area contributed by atoms with Gasteiger partial charge in [0, 0.05) is 105 Å². The Morgan fingerprint density at radius 2 is 0.863 bits per heavy atom. The van der Waals surface area contributed by atoms with Crippen LogP contribution in [0.2, 0.25) is 0 Å². The van der Waals surface area contributed by atoms with E-state index in [-0.39, 0.29) is 202 Å². The fourth-order valence-corrected chi connectivity index (χ4v) is 14.2. The van der Waals surface area contributed by atoms with Gasteiger partial charge in [0.25, 0.3) is 11.8 Å². The van der Waals surface area contributed by atoms with Gasteiger partial charge in [-0.2, -0.15) is 0 Å².